The van der Waals surface area contributed by atoms with Crippen LogP contribution in [-0.4, -0.2) is 20.4 Å². The van der Waals surface area contributed by atoms with Crippen molar-refractivity contribution in [2.75, 3.05) is 0 Å². The van der Waals surface area contributed by atoms with Crippen LogP contribution in [0.3, 0.4) is 0 Å². The number of nitrogens with one attached hydrogen (secondary N) is 2. The number of benzene rings is 1. The van der Waals surface area contributed by atoms with Gasteiger partial charge in [0.25, 0.3) is 11.5 Å². The van der Waals surface area contributed by atoms with E-state index in [1.165, 1.54) is 22.4 Å². The average molecular weight is 364 g/mol. The molecule has 2 heterocycles. The SMILES string of the molecule is CCCn1c(=O)[nH]c(=O)c2cc(C(=O)NC3CCc4ccccc43)cnc21. The van der Waals surface area contributed by atoms with E-state index in [4.69, 9.17) is 0 Å². The lowest BCUT2D eigenvalue weighted by molar-refractivity contribution is 0.0936. The van der Waals surface area contributed by atoms with E-state index in [-0.39, 0.29) is 17.3 Å². The summed E-state index contributed by atoms with van der Waals surface area (Å²) in [5.74, 6) is -0.279. The number of amides is 1. The number of aromatic amines is 1. The molecule has 3 aromatic rings. The minimum atomic E-state index is -0.532. The number of rotatable bonds is 4. The second kappa shape index (κ2) is 6.83. The third-order valence-corrected chi connectivity index (χ3v) is 4.98. The molecule has 1 aromatic carbocycles. The number of hydrogen-bond acceptors (Lipinski definition) is 4. The van der Waals surface area contributed by atoms with Crippen molar-refractivity contribution in [1.82, 2.24) is 19.9 Å². The Morgan fingerprint density at radius 2 is 2.15 bits per heavy atom. The molecule has 1 aliphatic rings. The van der Waals surface area contributed by atoms with Crippen LogP contribution in [0.2, 0.25) is 0 Å². The molecule has 7 nitrogen and oxygen atoms in total. The topological polar surface area (TPSA) is 96.9 Å². The summed E-state index contributed by atoms with van der Waals surface area (Å²) in [6.07, 6.45) is 3.93. The predicted molar refractivity (Wildman–Crippen MR) is 102 cm³/mol. The summed E-state index contributed by atoms with van der Waals surface area (Å²) in [6, 6.07) is 9.53. The number of aromatic nitrogens is 3. The number of carbonyl (C=O) groups excluding carboxylic acids is 1. The molecule has 2 N–H and O–H groups in total. The van der Waals surface area contributed by atoms with Crippen molar-refractivity contribution in [1.29, 1.82) is 0 Å². The van der Waals surface area contributed by atoms with Gasteiger partial charge in [-0.15, -0.1) is 0 Å². The van der Waals surface area contributed by atoms with Crippen LogP contribution in [0.5, 0.6) is 0 Å². The normalized spacial score (nSPS) is 15.7. The van der Waals surface area contributed by atoms with Gasteiger partial charge in [0.1, 0.15) is 5.65 Å². The fraction of sp³-hybridized carbons (Fsp3) is 0.300. The summed E-state index contributed by atoms with van der Waals surface area (Å²) in [5, 5.41) is 3.27. The average Bonchev–Trinajstić information content (AvgIpc) is 3.08. The van der Waals surface area contributed by atoms with Crippen LogP contribution in [-0.2, 0) is 13.0 Å². The van der Waals surface area contributed by atoms with Crippen molar-refractivity contribution >= 4 is 16.9 Å². The maximum absolute atomic E-state index is 12.7. The summed E-state index contributed by atoms with van der Waals surface area (Å²) < 4.78 is 1.42. The standard InChI is InChI=1S/C20H20N4O3/c1-2-9-24-17-15(19(26)23-20(24)27)10-13(11-21-17)18(25)22-16-8-7-12-5-3-4-6-14(12)16/h3-6,10-11,16H,2,7-9H2,1H3,(H,22,25)(H,23,26,27). The molecule has 1 amide bonds. The highest BCUT2D eigenvalue weighted by Crippen LogP contribution is 2.30. The van der Waals surface area contributed by atoms with E-state index < -0.39 is 11.2 Å². The van der Waals surface area contributed by atoms with Gasteiger partial charge in [-0.25, -0.2) is 9.78 Å². The molecule has 2 aromatic heterocycles. The van der Waals surface area contributed by atoms with Crippen LogP contribution in [0.4, 0.5) is 0 Å². The van der Waals surface area contributed by atoms with Gasteiger partial charge >= 0.3 is 5.69 Å². The quantitative estimate of drug-likeness (QED) is 0.739. The van der Waals surface area contributed by atoms with Gasteiger partial charge in [0.15, 0.2) is 0 Å². The predicted octanol–water partition coefficient (Wildman–Crippen LogP) is 1.91. The first-order chi connectivity index (χ1) is 13.1. The van der Waals surface area contributed by atoms with Crippen molar-refractivity contribution in [3.8, 4) is 0 Å². The maximum atomic E-state index is 12.7. The van der Waals surface area contributed by atoms with E-state index >= 15 is 0 Å². The van der Waals surface area contributed by atoms with Crippen molar-refractivity contribution < 1.29 is 4.79 Å². The number of nitrogens with zero attached hydrogens (tertiary/aromatic N) is 2. The minimum absolute atomic E-state index is 0.0447. The summed E-state index contributed by atoms with van der Waals surface area (Å²) in [6.45, 7) is 2.38. The third-order valence-electron chi connectivity index (χ3n) is 4.98. The Kier molecular flexibility index (Phi) is 4.35. The van der Waals surface area contributed by atoms with Crippen LogP contribution >= 0.6 is 0 Å². The van der Waals surface area contributed by atoms with Crippen LogP contribution in [0.15, 0.2) is 46.1 Å². The van der Waals surface area contributed by atoms with Crippen LogP contribution in [0, 0.1) is 0 Å². The molecule has 0 saturated heterocycles. The molecule has 0 saturated carbocycles. The fourth-order valence-electron chi connectivity index (χ4n) is 3.67. The number of pyridine rings is 1. The summed E-state index contributed by atoms with van der Waals surface area (Å²) in [5.41, 5.74) is 1.97. The van der Waals surface area contributed by atoms with Gasteiger partial charge in [0, 0.05) is 12.7 Å². The van der Waals surface area contributed by atoms with E-state index in [0.29, 0.717) is 17.8 Å². The monoisotopic (exact) mass is 364 g/mol. The summed E-state index contributed by atoms with van der Waals surface area (Å²) in [4.78, 5) is 43.4. The second-order valence-electron chi connectivity index (χ2n) is 6.77. The zero-order valence-corrected chi connectivity index (χ0v) is 15.0. The number of H-pyrrole nitrogens is 1. The number of aryl methyl sites for hydroxylation is 2. The smallest absolute Gasteiger partial charge is 0.329 e. The number of fused-ring (bicyclic) bond motifs is 2. The van der Waals surface area contributed by atoms with E-state index in [1.807, 2.05) is 25.1 Å². The Hall–Kier alpha value is -3.22. The number of carbonyl (C=O) groups is 1. The molecule has 0 spiro atoms. The van der Waals surface area contributed by atoms with Gasteiger partial charge in [-0.3, -0.25) is 19.1 Å². The molecule has 138 valence electrons. The lowest BCUT2D eigenvalue weighted by Gasteiger charge is -2.14. The fourth-order valence-corrected chi connectivity index (χ4v) is 3.67. The molecule has 1 aliphatic carbocycles. The lowest BCUT2D eigenvalue weighted by atomic mass is 10.1. The Morgan fingerprint density at radius 1 is 1.33 bits per heavy atom. The third kappa shape index (κ3) is 3.05. The highest BCUT2D eigenvalue weighted by atomic mass is 16.2. The molecule has 0 fully saturated rings. The molecule has 1 unspecified atom stereocenters. The molecule has 0 bridgehead atoms. The first-order valence-electron chi connectivity index (χ1n) is 9.10. The maximum Gasteiger partial charge on any atom is 0.329 e. The Morgan fingerprint density at radius 3 is 2.96 bits per heavy atom. The molecule has 27 heavy (non-hydrogen) atoms. The zero-order chi connectivity index (χ0) is 19.0. The van der Waals surface area contributed by atoms with Gasteiger partial charge in [-0.1, -0.05) is 31.2 Å². The van der Waals surface area contributed by atoms with Crippen molar-refractivity contribution in [3.05, 3.63) is 74.1 Å². The van der Waals surface area contributed by atoms with Crippen LogP contribution in [0.25, 0.3) is 11.0 Å². The lowest BCUT2D eigenvalue weighted by Crippen LogP contribution is -2.32. The van der Waals surface area contributed by atoms with Crippen molar-refractivity contribution in [2.45, 2.75) is 38.8 Å². The van der Waals surface area contributed by atoms with E-state index in [0.717, 1.165) is 24.8 Å². The van der Waals surface area contributed by atoms with Crippen LogP contribution in [0.1, 0.15) is 47.3 Å². The Labute approximate surface area is 155 Å². The van der Waals surface area contributed by atoms with E-state index in [9.17, 15) is 14.4 Å². The van der Waals surface area contributed by atoms with E-state index in [2.05, 4.69) is 21.4 Å². The van der Waals surface area contributed by atoms with Crippen LogP contribution < -0.4 is 16.6 Å². The van der Waals surface area contributed by atoms with Crippen molar-refractivity contribution in [2.24, 2.45) is 0 Å². The molecule has 7 heteroatoms. The van der Waals surface area contributed by atoms with Gasteiger partial charge in [0.2, 0.25) is 0 Å². The molecular weight excluding hydrogens is 344 g/mol. The van der Waals surface area contributed by atoms with Gasteiger partial charge in [-0.2, -0.15) is 0 Å². The first-order valence-corrected chi connectivity index (χ1v) is 9.10. The molecule has 1 atom stereocenters. The highest BCUT2D eigenvalue weighted by molar-refractivity contribution is 5.97. The molecule has 0 radical (unpaired) electrons. The van der Waals surface area contributed by atoms with Gasteiger partial charge in [0.05, 0.1) is 17.0 Å². The summed E-state index contributed by atoms with van der Waals surface area (Å²) >= 11 is 0. The zero-order valence-electron chi connectivity index (χ0n) is 15.0. The largest absolute Gasteiger partial charge is 0.345 e. The molecular formula is C20H20N4O3. The second-order valence-corrected chi connectivity index (χ2v) is 6.77. The highest BCUT2D eigenvalue weighted by Gasteiger charge is 2.24. The minimum Gasteiger partial charge on any atom is -0.345 e. The molecule has 4 rings (SSSR count). The Balaban J connectivity index is 1.67. The first kappa shape index (κ1) is 17.2. The summed E-state index contributed by atoms with van der Waals surface area (Å²) in [7, 11) is 0. The molecule has 0 aliphatic heterocycles. The Bertz CT molecular complexity index is 1150. The van der Waals surface area contributed by atoms with Gasteiger partial charge < -0.3 is 5.32 Å². The van der Waals surface area contributed by atoms with Crippen molar-refractivity contribution in [3.63, 3.8) is 0 Å². The van der Waals surface area contributed by atoms with E-state index in [1.54, 1.807) is 0 Å². The van der Waals surface area contributed by atoms with Gasteiger partial charge in [-0.05, 0) is 36.5 Å². The number of hydrogen-bond donors (Lipinski definition) is 2.